The molecule has 1 atom stereocenters. The highest BCUT2D eigenvalue weighted by molar-refractivity contribution is 6.29. The number of anilines is 1. The molecule has 11 heteroatoms. The fourth-order valence-electron chi connectivity index (χ4n) is 4.42. The molecule has 4 aromatic heterocycles. The third-order valence-corrected chi connectivity index (χ3v) is 6.49. The van der Waals surface area contributed by atoms with Crippen molar-refractivity contribution in [3.05, 3.63) is 87.3 Å². The van der Waals surface area contributed by atoms with Crippen molar-refractivity contribution in [3.63, 3.8) is 0 Å². The maximum atomic E-state index is 13.4. The van der Waals surface area contributed by atoms with Gasteiger partial charge in [-0.2, -0.15) is 5.10 Å². The van der Waals surface area contributed by atoms with Crippen LogP contribution in [0.2, 0.25) is 5.15 Å². The number of nitrogens with one attached hydrogen (secondary N) is 1. The number of hydrogen-bond donors (Lipinski definition) is 2. The van der Waals surface area contributed by atoms with Gasteiger partial charge in [-0.1, -0.05) is 17.7 Å². The molecule has 4 heterocycles. The number of benzene rings is 1. The van der Waals surface area contributed by atoms with E-state index in [0.29, 0.717) is 28.0 Å². The Hall–Kier alpha value is -4.57. The topological polar surface area (TPSA) is 128 Å². The summed E-state index contributed by atoms with van der Waals surface area (Å²) in [7, 11) is 3.52. The minimum atomic E-state index is -1.20. The summed E-state index contributed by atoms with van der Waals surface area (Å²) in [5, 5.41) is 17.5. The molecular formula is C27H24ClN7O3. The van der Waals surface area contributed by atoms with Gasteiger partial charge in [-0.05, 0) is 49.7 Å². The molecule has 0 bridgehead atoms. The number of hydrogen-bond acceptors (Lipinski definition) is 7. The summed E-state index contributed by atoms with van der Waals surface area (Å²) in [6.45, 7) is 3.77. The van der Waals surface area contributed by atoms with Crippen molar-refractivity contribution in [3.8, 4) is 22.6 Å². The zero-order valence-corrected chi connectivity index (χ0v) is 21.9. The SMILES string of the molecule is Cc1cc([C@@H](C)Nc2ccc(Cl)nc2C(=O)O)c2nc(-c3ccc(-c4cnn(C)c4)nc3)n(C)c(=O)c2c1. The van der Waals surface area contributed by atoms with Gasteiger partial charge >= 0.3 is 5.97 Å². The summed E-state index contributed by atoms with van der Waals surface area (Å²) < 4.78 is 3.22. The van der Waals surface area contributed by atoms with Gasteiger partial charge in [0.25, 0.3) is 5.56 Å². The van der Waals surface area contributed by atoms with Crippen molar-refractivity contribution in [1.82, 2.24) is 29.3 Å². The number of rotatable bonds is 6. The predicted octanol–water partition coefficient (Wildman–Crippen LogP) is 4.62. The van der Waals surface area contributed by atoms with Crippen LogP contribution in [-0.4, -0.2) is 40.4 Å². The Morgan fingerprint density at radius 3 is 2.53 bits per heavy atom. The second-order valence-corrected chi connectivity index (χ2v) is 9.47. The second-order valence-electron chi connectivity index (χ2n) is 9.09. The average Bonchev–Trinajstić information content (AvgIpc) is 3.33. The van der Waals surface area contributed by atoms with Crippen LogP contribution in [0.3, 0.4) is 0 Å². The number of carboxylic acids is 1. The van der Waals surface area contributed by atoms with Gasteiger partial charge < -0.3 is 10.4 Å². The van der Waals surface area contributed by atoms with Crippen molar-refractivity contribution >= 4 is 34.2 Å². The number of aromatic carboxylic acids is 1. The third kappa shape index (κ3) is 4.61. The molecule has 10 nitrogen and oxygen atoms in total. The first-order valence-corrected chi connectivity index (χ1v) is 12.1. The molecule has 192 valence electrons. The first-order valence-electron chi connectivity index (χ1n) is 11.8. The fourth-order valence-corrected chi connectivity index (χ4v) is 4.56. The van der Waals surface area contributed by atoms with E-state index in [2.05, 4.69) is 20.4 Å². The average molecular weight is 530 g/mol. The molecular weight excluding hydrogens is 506 g/mol. The Labute approximate surface area is 222 Å². The van der Waals surface area contributed by atoms with Gasteiger partial charge in [-0.3, -0.25) is 19.0 Å². The van der Waals surface area contributed by atoms with Crippen LogP contribution >= 0.6 is 11.6 Å². The molecule has 0 aliphatic carbocycles. The standard InChI is InChI=1S/C27H24ClN7O3/c1-14-9-18(15(2)31-21-7-8-22(28)32-24(21)27(37)38)23-19(10-14)26(36)35(4)25(33-23)16-5-6-20(29-11-16)17-12-30-34(3)13-17/h5-13,15,31H,1-4H3,(H,37,38)/t15-/m1/s1. The molecule has 0 saturated carbocycles. The number of pyridine rings is 2. The number of aromatic nitrogens is 6. The molecule has 0 saturated heterocycles. The van der Waals surface area contributed by atoms with E-state index in [0.717, 1.165) is 22.4 Å². The minimum Gasteiger partial charge on any atom is -0.476 e. The largest absolute Gasteiger partial charge is 0.476 e. The molecule has 2 N–H and O–H groups in total. The number of carboxylic acid groups (broad SMARTS) is 1. The molecule has 0 fully saturated rings. The number of nitrogens with zero attached hydrogens (tertiary/aromatic N) is 6. The molecule has 0 radical (unpaired) electrons. The maximum Gasteiger partial charge on any atom is 0.356 e. The Kier molecular flexibility index (Phi) is 6.41. The molecule has 0 spiro atoms. The Morgan fingerprint density at radius 1 is 1.08 bits per heavy atom. The van der Waals surface area contributed by atoms with Crippen molar-refractivity contribution in [2.45, 2.75) is 19.9 Å². The fraction of sp³-hybridized carbons (Fsp3) is 0.185. The van der Waals surface area contributed by atoms with Crippen LogP contribution in [0.1, 0.15) is 34.6 Å². The van der Waals surface area contributed by atoms with Crippen LogP contribution < -0.4 is 10.9 Å². The van der Waals surface area contributed by atoms with E-state index in [1.807, 2.05) is 45.3 Å². The van der Waals surface area contributed by atoms with Crippen LogP contribution in [0.4, 0.5) is 5.69 Å². The number of carbonyl (C=O) groups is 1. The van der Waals surface area contributed by atoms with Crippen LogP contribution in [-0.2, 0) is 14.1 Å². The number of halogens is 1. The van der Waals surface area contributed by atoms with Gasteiger partial charge in [0.1, 0.15) is 11.0 Å². The van der Waals surface area contributed by atoms with E-state index in [9.17, 15) is 14.7 Å². The highest BCUT2D eigenvalue weighted by Gasteiger charge is 2.20. The van der Waals surface area contributed by atoms with E-state index >= 15 is 0 Å². The summed E-state index contributed by atoms with van der Waals surface area (Å²) >= 11 is 5.91. The van der Waals surface area contributed by atoms with E-state index < -0.39 is 12.0 Å². The first kappa shape index (κ1) is 25.1. The lowest BCUT2D eigenvalue weighted by molar-refractivity contribution is 0.0691. The van der Waals surface area contributed by atoms with Gasteiger partial charge in [-0.15, -0.1) is 0 Å². The smallest absolute Gasteiger partial charge is 0.356 e. The zero-order valence-electron chi connectivity index (χ0n) is 21.1. The molecule has 0 aliphatic rings. The monoisotopic (exact) mass is 529 g/mol. The first-order chi connectivity index (χ1) is 18.1. The van der Waals surface area contributed by atoms with Gasteiger partial charge in [0.05, 0.1) is 34.5 Å². The summed E-state index contributed by atoms with van der Waals surface area (Å²) in [4.78, 5) is 38.6. The van der Waals surface area contributed by atoms with Crippen LogP contribution in [0.5, 0.6) is 0 Å². The van der Waals surface area contributed by atoms with Crippen molar-refractivity contribution in [2.75, 3.05) is 5.32 Å². The quantitative estimate of drug-likeness (QED) is 0.305. The molecule has 1 aromatic carbocycles. The minimum absolute atomic E-state index is 0.0829. The van der Waals surface area contributed by atoms with Crippen LogP contribution in [0.15, 0.2) is 59.8 Å². The third-order valence-electron chi connectivity index (χ3n) is 6.28. The lowest BCUT2D eigenvalue weighted by atomic mass is 10.0. The Bertz CT molecular complexity index is 1760. The predicted molar refractivity (Wildman–Crippen MR) is 145 cm³/mol. The number of aryl methyl sites for hydroxylation is 2. The summed E-state index contributed by atoms with van der Waals surface area (Å²) in [6, 6.07) is 10.2. The molecule has 38 heavy (non-hydrogen) atoms. The van der Waals surface area contributed by atoms with E-state index in [1.54, 1.807) is 36.3 Å². The summed E-state index contributed by atoms with van der Waals surface area (Å²) in [5.74, 6) is -0.739. The molecule has 0 aliphatic heterocycles. The van der Waals surface area contributed by atoms with E-state index in [1.165, 1.54) is 10.6 Å². The molecule has 0 unspecified atom stereocenters. The number of fused-ring (bicyclic) bond motifs is 1. The molecule has 5 rings (SSSR count). The normalized spacial score (nSPS) is 12.0. The van der Waals surface area contributed by atoms with E-state index in [-0.39, 0.29) is 16.4 Å². The summed E-state index contributed by atoms with van der Waals surface area (Å²) in [6.07, 6.45) is 5.30. The molecule has 0 amide bonds. The van der Waals surface area contributed by atoms with Crippen molar-refractivity contribution < 1.29 is 9.90 Å². The highest BCUT2D eigenvalue weighted by Crippen LogP contribution is 2.29. The maximum absolute atomic E-state index is 13.4. The van der Waals surface area contributed by atoms with Crippen molar-refractivity contribution in [2.24, 2.45) is 14.1 Å². The lowest BCUT2D eigenvalue weighted by Crippen LogP contribution is -2.22. The Balaban J connectivity index is 1.60. The summed E-state index contributed by atoms with van der Waals surface area (Å²) in [5.41, 5.74) is 4.38. The van der Waals surface area contributed by atoms with Crippen molar-refractivity contribution in [1.29, 1.82) is 0 Å². The van der Waals surface area contributed by atoms with Crippen LogP contribution in [0.25, 0.3) is 33.5 Å². The zero-order chi connectivity index (χ0) is 27.1. The molecule has 5 aromatic rings. The second kappa shape index (κ2) is 9.71. The van der Waals surface area contributed by atoms with Gasteiger partial charge in [0.15, 0.2) is 5.69 Å². The highest BCUT2D eigenvalue weighted by atomic mass is 35.5. The van der Waals surface area contributed by atoms with Gasteiger partial charge in [0, 0.05) is 43.2 Å². The Morgan fingerprint density at radius 2 is 1.87 bits per heavy atom. The van der Waals surface area contributed by atoms with E-state index in [4.69, 9.17) is 16.6 Å². The lowest BCUT2D eigenvalue weighted by Gasteiger charge is -2.20. The van der Waals surface area contributed by atoms with Crippen LogP contribution in [0, 0.1) is 6.92 Å². The van der Waals surface area contributed by atoms with Gasteiger partial charge in [0.2, 0.25) is 0 Å². The van der Waals surface area contributed by atoms with Gasteiger partial charge in [-0.25, -0.2) is 14.8 Å².